The van der Waals surface area contributed by atoms with Gasteiger partial charge in [-0.3, -0.25) is 4.90 Å². The first-order valence-electron chi connectivity index (χ1n) is 6.64. The molecule has 1 fully saturated rings. The maximum atomic E-state index is 5.97. The Labute approximate surface area is 106 Å². The first-order valence-corrected chi connectivity index (χ1v) is 6.64. The minimum absolute atomic E-state index is 0.104. The van der Waals surface area contributed by atoms with Gasteiger partial charge in [0.25, 0.3) is 0 Å². The van der Waals surface area contributed by atoms with E-state index in [9.17, 15) is 0 Å². The average Bonchev–Trinajstić information content (AvgIpc) is 2.36. The quantitative estimate of drug-likeness (QED) is 0.748. The van der Waals surface area contributed by atoms with Crippen LogP contribution in [0, 0.1) is 0 Å². The number of nitrogens with two attached hydrogens (primary N) is 1. The van der Waals surface area contributed by atoms with E-state index >= 15 is 0 Å². The molecule has 1 rings (SSSR count). The number of piperidine rings is 1. The summed E-state index contributed by atoms with van der Waals surface area (Å²) < 4.78 is 5.20. The molecule has 1 atom stereocenters. The number of rotatable bonds is 6. The molecule has 0 bridgehead atoms. The zero-order valence-electron chi connectivity index (χ0n) is 11.9. The van der Waals surface area contributed by atoms with E-state index in [4.69, 9.17) is 10.5 Å². The second-order valence-electron chi connectivity index (χ2n) is 5.63. The third kappa shape index (κ3) is 3.91. The summed E-state index contributed by atoms with van der Waals surface area (Å²) in [5.41, 5.74) is 6.07. The van der Waals surface area contributed by atoms with Crippen molar-refractivity contribution >= 4 is 0 Å². The molecule has 0 radical (unpaired) electrons. The van der Waals surface area contributed by atoms with Gasteiger partial charge in [-0.2, -0.15) is 0 Å². The molecule has 0 aliphatic carbocycles. The standard InChI is InChI=1S/C13H29N3O/c1-13(11-14,7-10-17-4)16-8-5-12(6-9-16)15(2)3/h12H,5-11,14H2,1-4H3. The van der Waals surface area contributed by atoms with Crippen LogP contribution in [0.25, 0.3) is 0 Å². The first-order chi connectivity index (χ1) is 8.03. The van der Waals surface area contributed by atoms with Gasteiger partial charge < -0.3 is 15.4 Å². The molecule has 0 aromatic carbocycles. The van der Waals surface area contributed by atoms with Gasteiger partial charge in [-0.1, -0.05) is 0 Å². The van der Waals surface area contributed by atoms with E-state index in [1.54, 1.807) is 7.11 Å². The normalized spacial score (nSPS) is 22.9. The van der Waals surface area contributed by atoms with Crippen LogP contribution in [0.2, 0.25) is 0 Å². The van der Waals surface area contributed by atoms with E-state index < -0.39 is 0 Å². The molecular formula is C13H29N3O. The van der Waals surface area contributed by atoms with Crippen LogP contribution in [0.4, 0.5) is 0 Å². The molecule has 0 amide bonds. The maximum Gasteiger partial charge on any atom is 0.0480 e. The highest BCUT2D eigenvalue weighted by molar-refractivity contribution is 4.91. The molecule has 0 saturated carbocycles. The SMILES string of the molecule is COCCC(C)(CN)N1CCC(N(C)C)CC1. The van der Waals surface area contributed by atoms with E-state index in [0.29, 0.717) is 6.54 Å². The molecule has 1 aliphatic rings. The van der Waals surface area contributed by atoms with Crippen molar-refractivity contribution in [2.75, 3.05) is 47.4 Å². The summed E-state index contributed by atoms with van der Waals surface area (Å²) in [5.74, 6) is 0. The van der Waals surface area contributed by atoms with Gasteiger partial charge in [-0.15, -0.1) is 0 Å². The lowest BCUT2D eigenvalue weighted by atomic mass is 9.91. The van der Waals surface area contributed by atoms with Crippen molar-refractivity contribution in [3.63, 3.8) is 0 Å². The van der Waals surface area contributed by atoms with Gasteiger partial charge in [0.1, 0.15) is 0 Å². The second-order valence-corrected chi connectivity index (χ2v) is 5.63. The summed E-state index contributed by atoms with van der Waals surface area (Å²) in [5, 5.41) is 0. The lowest BCUT2D eigenvalue weighted by Gasteiger charge is -2.45. The van der Waals surface area contributed by atoms with Crippen LogP contribution < -0.4 is 5.73 Å². The predicted octanol–water partition coefficient (Wildman–Crippen LogP) is 0.766. The summed E-state index contributed by atoms with van der Waals surface area (Å²) in [6.07, 6.45) is 3.51. The maximum absolute atomic E-state index is 5.97. The molecule has 4 nitrogen and oxygen atoms in total. The number of nitrogens with zero attached hydrogens (tertiary/aromatic N) is 2. The Kier molecular flexibility index (Phi) is 5.86. The number of ether oxygens (including phenoxy) is 1. The summed E-state index contributed by atoms with van der Waals surface area (Å²) in [7, 11) is 6.11. The molecule has 1 aliphatic heterocycles. The Bertz CT molecular complexity index is 215. The molecule has 0 aromatic heterocycles. The Hall–Kier alpha value is -0.160. The monoisotopic (exact) mass is 243 g/mol. The molecule has 0 aromatic rings. The minimum atomic E-state index is 0.104. The van der Waals surface area contributed by atoms with Crippen molar-refractivity contribution in [3.8, 4) is 0 Å². The van der Waals surface area contributed by atoms with E-state index in [2.05, 4.69) is 30.8 Å². The number of likely N-dealkylation sites (tertiary alicyclic amines) is 1. The van der Waals surface area contributed by atoms with Crippen LogP contribution in [0.1, 0.15) is 26.2 Å². The van der Waals surface area contributed by atoms with Crippen molar-refractivity contribution < 1.29 is 4.74 Å². The fourth-order valence-corrected chi connectivity index (χ4v) is 2.63. The van der Waals surface area contributed by atoms with E-state index in [0.717, 1.165) is 32.2 Å². The number of hydrogen-bond donors (Lipinski definition) is 1. The zero-order valence-corrected chi connectivity index (χ0v) is 11.9. The van der Waals surface area contributed by atoms with Gasteiger partial charge in [-0.05, 0) is 40.3 Å². The molecule has 0 spiro atoms. The smallest absolute Gasteiger partial charge is 0.0480 e. The van der Waals surface area contributed by atoms with Crippen molar-refractivity contribution in [2.24, 2.45) is 5.73 Å². The second kappa shape index (κ2) is 6.69. The van der Waals surface area contributed by atoms with Crippen LogP contribution in [0.3, 0.4) is 0 Å². The highest BCUT2D eigenvalue weighted by Gasteiger charge is 2.33. The number of methoxy groups -OCH3 is 1. The molecule has 1 heterocycles. The van der Waals surface area contributed by atoms with Crippen molar-refractivity contribution in [1.29, 1.82) is 0 Å². The van der Waals surface area contributed by atoms with Crippen LogP contribution in [-0.4, -0.2) is 68.8 Å². The van der Waals surface area contributed by atoms with Gasteiger partial charge in [0.2, 0.25) is 0 Å². The zero-order chi connectivity index (χ0) is 12.9. The average molecular weight is 243 g/mol. The fraction of sp³-hybridized carbons (Fsp3) is 1.00. The van der Waals surface area contributed by atoms with Gasteiger partial charge in [0.05, 0.1) is 0 Å². The largest absolute Gasteiger partial charge is 0.385 e. The van der Waals surface area contributed by atoms with Crippen molar-refractivity contribution in [1.82, 2.24) is 9.80 Å². The highest BCUT2D eigenvalue weighted by atomic mass is 16.5. The Balaban J connectivity index is 2.49. The molecular weight excluding hydrogens is 214 g/mol. The van der Waals surface area contributed by atoms with Crippen molar-refractivity contribution in [3.05, 3.63) is 0 Å². The molecule has 1 unspecified atom stereocenters. The van der Waals surface area contributed by atoms with E-state index in [1.807, 2.05) is 0 Å². The van der Waals surface area contributed by atoms with E-state index in [1.165, 1.54) is 12.8 Å². The van der Waals surface area contributed by atoms with Gasteiger partial charge in [0.15, 0.2) is 0 Å². The Morgan fingerprint density at radius 2 is 1.94 bits per heavy atom. The van der Waals surface area contributed by atoms with Crippen molar-refractivity contribution in [2.45, 2.75) is 37.8 Å². The fourth-order valence-electron chi connectivity index (χ4n) is 2.63. The molecule has 1 saturated heterocycles. The Morgan fingerprint density at radius 3 is 2.35 bits per heavy atom. The predicted molar refractivity (Wildman–Crippen MR) is 72.2 cm³/mol. The summed E-state index contributed by atoms with van der Waals surface area (Å²) in [6.45, 7) is 6.08. The third-order valence-electron chi connectivity index (χ3n) is 4.24. The van der Waals surface area contributed by atoms with Gasteiger partial charge >= 0.3 is 0 Å². The van der Waals surface area contributed by atoms with Crippen LogP contribution in [0.5, 0.6) is 0 Å². The van der Waals surface area contributed by atoms with Crippen LogP contribution >= 0.6 is 0 Å². The molecule has 102 valence electrons. The molecule has 4 heteroatoms. The molecule has 2 N–H and O–H groups in total. The minimum Gasteiger partial charge on any atom is -0.385 e. The number of hydrogen-bond acceptors (Lipinski definition) is 4. The first kappa shape index (κ1) is 14.9. The van der Waals surface area contributed by atoms with Crippen LogP contribution in [0.15, 0.2) is 0 Å². The summed E-state index contributed by atoms with van der Waals surface area (Å²) in [4.78, 5) is 4.89. The summed E-state index contributed by atoms with van der Waals surface area (Å²) >= 11 is 0. The van der Waals surface area contributed by atoms with Gasteiger partial charge in [-0.25, -0.2) is 0 Å². The van der Waals surface area contributed by atoms with Crippen LogP contribution in [-0.2, 0) is 4.74 Å². The highest BCUT2D eigenvalue weighted by Crippen LogP contribution is 2.24. The molecule has 17 heavy (non-hydrogen) atoms. The third-order valence-corrected chi connectivity index (χ3v) is 4.24. The van der Waals surface area contributed by atoms with Gasteiger partial charge in [0, 0.05) is 44.9 Å². The Morgan fingerprint density at radius 1 is 1.35 bits per heavy atom. The van der Waals surface area contributed by atoms with E-state index in [-0.39, 0.29) is 5.54 Å². The summed E-state index contributed by atoms with van der Waals surface area (Å²) in [6, 6.07) is 0.732. The topological polar surface area (TPSA) is 41.7 Å². The lowest BCUT2D eigenvalue weighted by Crippen LogP contribution is -2.56. The lowest BCUT2D eigenvalue weighted by molar-refractivity contribution is 0.0332.